The fraction of sp³-hybridized carbons (Fsp3) is 0.0909. The molecule has 4 aromatic rings. The first-order valence-corrected chi connectivity index (χ1v) is 10.5. The average Bonchev–Trinajstić information content (AvgIpc) is 3.22. The van der Waals surface area contributed by atoms with Crippen LogP contribution in [-0.4, -0.2) is 20.8 Å². The van der Waals surface area contributed by atoms with Crippen LogP contribution in [0.2, 0.25) is 5.02 Å². The van der Waals surface area contributed by atoms with Crippen molar-refractivity contribution in [1.82, 2.24) is 9.13 Å². The summed E-state index contributed by atoms with van der Waals surface area (Å²) < 4.78 is 2.63. The van der Waals surface area contributed by atoms with Gasteiger partial charge in [-0.2, -0.15) is 0 Å². The molecule has 0 spiro atoms. The molecule has 0 saturated heterocycles. The van der Waals surface area contributed by atoms with Crippen LogP contribution in [0, 0.1) is 0 Å². The predicted molar refractivity (Wildman–Crippen MR) is 122 cm³/mol. The molecule has 0 radical (unpaired) electrons. The summed E-state index contributed by atoms with van der Waals surface area (Å²) in [5, 5.41) is 4.79. The van der Waals surface area contributed by atoms with Gasteiger partial charge in [-0.25, -0.2) is 9.36 Å². The van der Waals surface area contributed by atoms with Crippen LogP contribution in [0.4, 0.5) is 5.69 Å². The van der Waals surface area contributed by atoms with Crippen LogP contribution in [0.25, 0.3) is 15.9 Å². The zero-order valence-corrected chi connectivity index (χ0v) is 17.9. The van der Waals surface area contributed by atoms with E-state index in [1.165, 1.54) is 28.9 Å². The fourth-order valence-electron chi connectivity index (χ4n) is 3.22. The van der Waals surface area contributed by atoms with Crippen LogP contribution in [0.5, 0.6) is 0 Å². The molecule has 2 aromatic heterocycles. The first-order valence-electron chi connectivity index (χ1n) is 9.25. The molecule has 1 N–H and O–H groups in total. The molecule has 0 aliphatic rings. The second-order valence-electron chi connectivity index (χ2n) is 6.81. The Labute approximate surface area is 185 Å². The maximum atomic E-state index is 13.2. The van der Waals surface area contributed by atoms with Crippen molar-refractivity contribution in [2.24, 2.45) is 0 Å². The SMILES string of the molecule is CC(=O)c1ccc(NC(=O)Cn2c(=O)n(-c3cccc(Cl)c3)c(=O)c3sccc32)cc1. The van der Waals surface area contributed by atoms with Crippen molar-refractivity contribution in [2.75, 3.05) is 5.32 Å². The summed E-state index contributed by atoms with van der Waals surface area (Å²) in [6.07, 6.45) is 0. The summed E-state index contributed by atoms with van der Waals surface area (Å²) in [6.45, 7) is 1.17. The molecule has 156 valence electrons. The van der Waals surface area contributed by atoms with Crippen molar-refractivity contribution in [3.05, 3.63) is 91.4 Å². The van der Waals surface area contributed by atoms with Gasteiger partial charge in [-0.1, -0.05) is 17.7 Å². The number of rotatable bonds is 5. The molecule has 2 aromatic carbocycles. The third-order valence-electron chi connectivity index (χ3n) is 4.70. The number of amides is 1. The lowest BCUT2D eigenvalue weighted by Gasteiger charge is -2.13. The van der Waals surface area contributed by atoms with E-state index in [9.17, 15) is 19.2 Å². The highest BCUT2D eigenvalue weighted by atomic mass is 35.5. The number of hydrogen-bond donors (Lipinski definition) is 1. The highest BCUT2D eigenvalue weighted by Gasteiger charge is 2.18. The molecular formula is C22H16ClN3O4S. The highest BCUT2D eigenvalue weighted by molar-refractivity contribution is 7.17. The van der Waals surface area contributed by atoms with E-state index in [0.717, 1.165) is 4.57 Å². The van der Waals surface area contributed by atoms with Crippen molar-refractivity contribution in [1.29, 1.82) is 0 Å². The van der Waals surface area contributed by atoms with Crippen LogP contribution in [-0.2, 0) is 11.3 Å². The van der Waals surface area contributed by atoms with Gasteiger partial charge in [0.2, 0.25) is 5.91 Å². The summed E-state index contributed by atoms with van der Waals surface area (Å²) in [6, 6.07) is 14.5. The number of carbonyl (C=O) groups excluding carboxylic acids is 2. The summed E-state index contributed by atoms with van der Waals surface area (Å²) >= 11 is 7.23. The van der Waals surface area contributed by atoms with Crippen molar-refractivity contribution >= 4 is 50.5 Å². The lowest BCUT2D eigenvalue weighted by molar-refractivity contribution is -0.116. The van der Waals surface area contributed by atoms with Crippen molar-refractivity contribution in [3.8, 4) is 5.69 Å². The largest absolute Gasteiger partial charge is 0.336 e. The molecule has 0 fully saturated rings. The zero-order chi connectivity index (χ0) is 22.1. The fourth-order valence-corrected chi connectivity index (χ4v) is 4.22. The quantitative estimate of drug-likeness (QED) is 0.466. The van der Waals surface area contributed by atoms with E-state index in [2.05, 4.69) is 5.32 Å². The Morgan fingerprint density at radius 1 is 1.06 bits per heavy atom. The number of nitrogens with one attached hydrogen (secondary N) is 1. The topological polar surface area (TPSA) is 90.2 Å². The summed E-state index contributed by atoms with van der Waals surface area (Å²) in [7, 11) is 0. The van der Waals surface area contributed by atoms with Gasteiger partial charge in [0.25, 0.3) is 5.56 Å². The smallest absolute Gasteiger partial charge is 0.325 e. The molecule has 4 rings (SSSR count). The van der Waals surface area contributed by atoms with E-state index in [4.69, 9.17) is 11.6 Å². The standard InChI is InChI=1S/C22H16ClN3O4S/c1-13(27)14-5-7-16(8-6-14)24-19(28)12-25-18-9-10-31-20(18)21(29)26(22(25)30)17-4-2-3-15(23)11-17/h2-11H,12H2,1H3,(H,24,28). The maximum absolute atomic E-state index is 13.2. The van der Waals surface area contributed by atoms with E-state index in [1.807, 2.05) is 0 Å². The van der Waals surface area contributed by atoms with Crippen LogP contribution in [0.15, 0.2) is 69.6 Å². The third-order valence-corrected chi connectivity index (χ3v) is 5.82. The van der Waals surface area contributed by atoms with Crippen molar-refractivity contribution < 1.29 is 9.59 Å². The molecule has 9 heteroatoms. The minimum Gasteiger partial charge on any atom is -0.325 e. The zero-order valence-electron chi connectivity index (χ0n) is 16.3. The van der Waals surface area contributed by atoms with Gasteiger partial charge < -0.3 is 5.32 Å². The molecule has 31 heavy (non-hydrogen) atoms. The molecule has 2 heterocycles. The molecule has 0 bridgehead atoms. The Morgan fingerprint density at radius 3 is 2.48 bits per heavy atom. The second-order valence-corrected chi connectivity index (χ2v) is 8.16. The van der Waals surface area contributed by atoms with E-state index in [-0.39, 0.29) is 12.3 Å². The lowest BCUT2D eigenvalue weighted by Crippen LogP contribution is -2.40. The Balaban J connectivity index is 1.73. The molecule has 0 saturated carbocycles. The van der Waals surface area contributed by atoms with E-state index in [0.29, 0.717) is 32.2 Å². The number of ketones is 1. The van der Waals surface area contributed by atoms with Crippen molar-refractivity contribution in [2.45, 2.75) is 13.5 Å². The molecule has 7 nitrogen and oxygen atoms in total. The number of thiophene rings is 1. The second kappa shape index (κ2) is 8.33. The summed E-state index contributed by atoms with van der Waals surface area (Å²) in [5.41, 5.74) is 0.636. The van der Waals surface area contributed by atoms with Gasteiger partial charge in [-0.05, 0) is 60.8 Å². The molecule has 0 aliphatic carbocycles. The molecule has 0 unspecified atom stereocenters. The summed E-state index contributed by atoms with van der Waals surface area (Å²) in [4.78, 5) is 50.2. The van der Waals surface area contributed by atoms with Gasteiger partial charge >= 0.3 is 5.69 Å². The molecular weight excluding hydrogens is 438 g/mol. The van der Waals surface area contributed by atoms with Crippen LogP contribution in [0.1, 0.15) is 17.3 Å². The normalized spacial score (nSPS) is 10.9. The van der Waals surface area contributed by atoms with Gasteiger partial charge in [-0.15, -0.1) is 11.3 Å². The number of nitrogens with zero attached hydrogens (tertiary/aromatic N) is 2. The number of anilines is 1. The van der Waals surface area contributed by atoms with Gasteiger partial charge in [0.15, 0.2) is 5.78 Å². The van der Waals surface area contributed by atoms with E-state index < -0.39 is 17.2 Å². The Bertz CT molecular complexity index is 1430. The van der Waals surface area contributed by atoms with Gasteiger partial charge in [0.1, 0.15) is 11.2 Å². The lowest BCUT2D eigenvalue weighted by atomic mass is 10.1. The third kappa shape index (κ3) is 4.08. The Kier molecular flexibility index (Phi) is 5.58. The van der Waals surface area contributed by atoms with Crippen molar-refractivity contribution in [3.63, 3.8) is 0 Å². The molecule has 0 aliphatic heterocycles. The number of hydrogen-bond acceptors (Lipinski definition) is 5. The first-order chi connectivity index (χ1) is 14.8. The van der Waals surface area contributed by atoms with Crippen LogP contribution in [0.3, 0.4) is 0 Å². The number of fused-ring (bicyclic) bond motifs is 1. The Hall–Kier alpha value is -3.49. The minimum atomic E-state index is -0.639. The van der Waals surface area contributed by atoms with Crippen LogP contribution < -0.4 is 16.6 Å². The first kappa shape index (κ1) is 20.8. The number of halogens is 1. The molecule has 1 amide bonds. The highest BCUT2D eigenvalue weighted by Crippen LogP contribution is 2.18. The van der Waals surface area contributed by atoms with Crippen LogP contribution >= 0.6 is 22.9 Å². The minimum absolute atomic E-state index is 0.0763. The monoisotopic (exact) mass is 453 g/mol. The summed E-state index contributed by atoms with van der Waals surface area (Å²) in [5.74, 6) is -0.519. The number of benzene rings is 2. The molecule has 0 atom stereocenters. The predicted octanol–water partition coefficient (Wildman–Crippen LogP) is 3.71. The van der Waals surface area contributed by atoms with E-state index >= 15 is 0 Å². The number of aromatic nitrogens is 2. The van der Waals surface area contributed by atoms with Gasteiger partial charge in [-0.3, -0.25) is 19.0 Å². The maximum Gasteiger partial charge on any atom is 0.336 e. The van der Waals surface area contributed by atoms with E-state index in [1.54, 1.807) is 53.9 Å². The van der Waals surface area contributed by atoms with Gasteiger partial charge in [0.05, 0.1) is 11.2 Å². The Morgan fingerprint density at radius 2 is 1.81 bits per heavy atom. The number of carbonyl (C=O) groups is 2. The van der Waals surface area contributed by atoms with Gasteiger partial charge in [0, 0.05) is 16.3 Å². The average molecular weight is 454 g/mol. The number of Topliss-reactive ketones (excluding diaryl/α,β-unsaturated/α-hetero) is 1.